The zero-order chi connectivity index (χ0) is 13.9. The highest BCUT2D eigenvalue weighted by atomic mass is 16.3. The van der Waals surface area contributed by atoms with Crippen molar-refractivity contribution in [3.05, 3.63) is 48.4 Å². The number of benzene rings is 1. The van der Waals surface area contributed by atoms with Gasteiger partial charge in [0.1, 0.15) is 5.76 Å². The zero-order valence-corrected chi connectivity index (χ0v) is 11.8. The molecule has 4 heteroatoms. The number of furan rings is 1. The third-order valence-corrected chi connectivity index (χ3v) is 3.57. The second-order valence-corrected chi connectivity index (χ2v) is 5.15. The maximum Gasteiger partial charge on any atom is 0.203 e. The van der Waals surface area contributed by atoms with Crippen molar-refractivity contribution in [1.29, 1.82) is 0 Å². The van der Waals surface area contributed by atoms with Gasteiger partial charge in [-0.3, -0.25) is 0 Å². The van der Waals surface area contributed by atoms with Crippen molar-refractivity contribution in [1.82, 2.24) is 9.55 Å². The quantitative estimate of drug-likeness (QED) is 0.769. The number of hydrogen-bond donors (Lipinski definition) is 1. The Labute approximate surface area is 118 Å². The minimum absolute atomic E-state index is 0.343. The van der Waals surface area contributed by atoms with Crippen LogP contribution in [0.2, 0.25) is 0 Å². The van der Waals surface area contributed by atoms with Crippen molar-refractivity contribution in [2.45, 2.75) is 25.8 Å². The van der Waals surface area contributed by atoms with Gasteiger partial charge in [-0.25, -0.2) is 4.98 Å². The second-order valence-electron chi connectivity index (χ2n) is 5.15. The molecule has 4 nitrogen and oxygen atoms in total. The maximum absolute atomic E-state index is 5.36. The van der Waals surface area contributed by atoms with Crippen LogP contribution in [0.3, 0.4) is 0 Å². The van der Waals surface area contributed by atoms with Crippen LogP contribution in [0.4, 0.5) is 5.95 Å². The lowest BCUT2D eigenvalue weighted by atomic mass is 10.1. The lowest BCUT2D eigenvalue weighted by Crippen LogP contribution is -2.18. The van der Waals surface area contributed by atoms with E-state index in [0.29, 0.717) is 6.04 Å². The number of nitrogens with one attached hydrogen (secondary N) is 1. The third-order valence-electron chi connectivity index (χ3n) is 3.57. The Hall–Kier alpha value is -2.23. The molecule has 0 aliphatic heterocycles. The number of rotatable bonds is 5. The molecule has 1 atom stereocenters. The molecule has 1 unspecified atom stereocenters. The molecule has 0 saturated heterocycles. The van der Waals surface area contributed by atoms with Crippen LogP contribution in [-0.4, -0.2) is 15.6 Å². The molecule has 0 amide bonds. The first-order chi connectivity index (χ1) is 9.74. The second kappa shape index (κ2) is 5.41. The van der Waals surface area contributed by atoms with Gasteiger partial charge < -0.3 is 14.3 Å². The average molecular weight is 269 g/mol. The van der Waals surface area contributed by atoms with Gasteiger partial charge in [0.2, 0.25) is 5.95 Å². The summed E-state index contributed by atoms with van der Waals surface area (Å²) in [6, 6.07) is 12.5. The van der Waals surface area contributed by atoms with E-state index in [2.05, 4.69) is 27.9 Å². The molecule has 0 fully saturated rings. The highest BCUT2D eigenvalue weighted by molar-refractivity contribution is 5.78. The van der Waals surface area contributed by atoms with Crippen LogP contribution in [0.5, 0.6) is 0 Å². The topological polar surface area (TPSA) is 43.0 Å². The van der Waals surface area contributed by atoms with E-state index < -0.39 is 0 Å². The molecular formula is C16H19N3O. The molecule has 2 heterocycles. The zero-order valence-electron chi connectivity index (χ0n) is 11.8. The predicted molar refractivity (Wildman–Crippen MR) is 80.8 cm³/mol. The first kappa shape index (κ1) is 12.8. The van der Waals surface area contributed by atoms with Crippen molar-refractivity contribution >= 4 is 17.0 Å². The molecule has 104 valence electrons. The first-order valence-electron chi connectivity index (χ1n) is 6.94. The summed E-state index contributed by atoms with van der Waals surface area (Å²) in [6.45, 7) is 2.17. The Balaban J connectivity index is 1.67. The maximum atomic E-state index is 5.36. The molecule has 2 aromatic heterocycles. The van der Waals surface area contributed by atoms with E-state index in [9.17, 15) is 0 Å². The van der Waals surface area contributed by atoms with Gasteiger partial charge in [-0.2, -0.15) is 0 Å². The Bertz CT molecular complexity index is 685. The number of nitrogens with zero attached hydrogens (tertiary/aromatic N) is 2. The summed E-state index contributed by atoms with van der Waals surface area (Å²) in [4.78, 5) is 4.63. The minimum Gasteiger partial charge on any atom is -0.469 e. The van der Waals surface area contributed by atoms with Crippen molar-refractivity contribution in [3.8, 4) is 0 Å². The molecule has 0 saturated carbocycles. The number of anilines is 1. The Morgan fingerprint density at radius 1 is 1.25 bits per heavy atom. The summed E-state index contributed by atoms with van der Waals surface area (Å²) in [6.07, 6.45) is 3.67. The summed E-state index contributed by atoms with van der Waals surface area (Å²) in [7, 11) is 2.04. The normalized spacial score (nSPS) is 12.7. The van der Waals surface area contributed by atoms with E-state index in [1.54, 1.807) is 6.26 Å². The summed E-state index contributed by atoms with van der Waals surface area (Å²) < 4.78 is 7.45. The summed E-state index contributed by atoms with van der Waals surface area (Å²) in [5.41, 5.74) is 2.17. The number of para-hydroxylation sites is 2. The largest absolute Gasteiger partial charge is 0.469 e. The number of aromatic nitrogens is 2. The van der Waals surface area contributed by atoms with Crippen LogP contribution in [-0.2, 0) is 13.5 Å². The first-order valence-corrected chi connectivity index (χ1v) is 6.94. The van der Waals surface area contributed by atoms with Crippen molar-refractivity contribution in [2.75, 3.05) is 5.32 Å². The van der Waals surface area contributed by atoms with E-state index in [0.717, 1.165) is 35.6 Å². The van der Waals surface area contributed by atoms with E-state index in [1.165, 1.54) is 0 Å². The van der Waals surface area contributed by atoms with E-state index >= 15 is 0 Å². The fourth-order valence-corrected chi connectivity index (χ4v) is 2.38. The van der Waals surface area contributed by atoms with Gasteiger partial charge in [0.15, 0.2) is 0 Å². The highest BCUT2D eigenvalue weighted by Crippen LogP contribution is 2.19. The van der Waals surface area contributed by atoms with E-state index in [4.69, 9.17) is 4.42 Å². The van der Waals surface area contributed by atoms with Gasteiger partial charge >= 0.3 is 0 Å². The van der Waals surface area contributed by atoms with Crippen LogP contribution < -0.4 is 5.32 Å². The van der Waals surface area contributed by atoms with Crippen LogP contribution in [0.15, 0.2) is 47.1 Å². The molecule has 20 heavy (non-hydrogen) atoms. The molecule has 3 rings (SSSR count). The highest BCUT2D eigenvalue weighted by Gasteiger charge is 2.10. The van der Waals surface area contributed by atoms with Gasteiger partial charge in [-0.1, -0.05) is 12.1 Å². The van der Waals surface area contributed by atoms with Crippen LogP contribution in [0.25, 0.3) is 11.0 Å². The molecule has 0 spiro atoms. The van der Waals surface area contributed by atoms with Crippen molar-refractivity contribution < 1.29 is 4.42 Å². The van der Waals surface area contributed by atoms with Crippen molar-refractivity contribution in [3.63, 3.8) is 0 Å². The molecule has 0 aliphatic rings. The molecule has 0 aliphatic carbocycles. The molecule has 1 N–H and O–H groups in total. The summed E-state index contributed by atoms with van der Waals surface area (Å²) in [5, 5.41) is 3.47. The predicted octanol–water partition coefficient (Wildman–Crippen LogP) is 3.60. The van der Waals surface area contributed by atoms with E-state index in [1.807, 2.05) is 37.4 Å². The number of imidazole rings is 1. The number of fused-ring (bicyclic) bond motifs is 1. The SMILES string of the molecule is CC(CCc1ccco1)Nc1nc2ccccc2n1C. The van der Waals surface area contributed by atoms with Gasteiger partial charge in [0, 0.05) is 19.5 Å². The van der Waals surface area contributed by atoms with Crippen molar-refractivity contribution in [2.24, 2.45) is 7.05 Å². The van der Waals surface area contributed by atoms with E-state index in [-0.39, 0.29) is 0 Å². The number of aryl methyl sites for hydroxylation is 2. The standard InChI is InChI=1S/C16H19N3O/c1-12(9-10-13-6-5-11-20-13)17-16-18-14-7-3-4-8-15(14)19(16)2/h3-8,11-12H,9-10H2,1-2H3,(H,17,18). The molecule has 0 bridgehead atoms. The summed E-state index contributed by atoms with van der Waals surface area (Å²) in [5.74, 6) is 1.95. The Morgan fingerprint density at radius 3 is 2.85 bits per heavy atom. The molecule has 1 aromatic carbocycles. The molecule has 3 aromatic rings. The van der Waals surface area contributed by atoms with Crippen LogP contribution in [0.1, 0.15) is 19.1 Å². The van der Waals surface area contributed by atoms with Crippen LogP contribution >= 0.6 is 0 Å². The Morgan fingerprint density at radius 2 is 2.10 bits per heavy atom. The van der Waals surface area contributed by atoms with Gasteiger partial charge in [-0.05, 0) is 37.6 Å². The smallest absolute Gasteiger partial charge is 0.203 e. The Kier molecular flexibility index (Phi) is 3.46. The summed E-state index contributed by atoms with van der Waals surface area (Å²) >= 11 is 0. The molecular weight excluding hydrogens is 250 g/mol. The lowest BCUT2D eigenvalue weighted by Gasteiger charge is -2.13. The number of hydrogen-bond acceptors (Lipinski definition) is 3. The fourth-order valence-electron chi connectivity index (χ4n) is 2.38. The third kappa shape index (κ3) is 2.54. The van der Waals surface area contributed by atoms with Gasteiger partial charge in [0.05, 0.1) is 17.3 Å². The molecule has 0 radical (unpaired) electrons. The lowest BCUT2D eigenvalue weighted by molar-refractivity contribution is 0.494. The van der Waals surface area contributed by atoms with Crippen LogP contribution in [0, 0.1) is 0 Å². The van der Waals surface area contributed by atoms with Gasteiger partial charge in [0.25, 0.3) is 0 Å². The monoisotopic (exact) mass is 269 g/mol. The minimum atomic E-state index is 0.343. The average Bonchev–Trinajstić information content (AvgIpc) is 3.07. The fraction of sp³-hybridized carbons (Fsp3) is 0.312. The van der Waals surface area contributed by atoms with Gasteiger partial charge in [-0.15, -0.1) is 0 Å².